The van der Waals surface area contributed by atoms with Crippen LogP contribution in [0.5, 0.6) is 5.75 Å². The van der Waals surface area contributed by atoms with Crippen LogP contribution >= 0.6 is 0 Å². The summed E-state index contributed by atoms with van der Waals surface area (Å²) in [6.45, 7) is 3.39. The van der Waals surface area contributed by atoms with E-state index < -0.39 is 5.97 Å². The van der Waals surface area contributed by atoms with Crippen molar-refractivity contribution in [2.45, 2.75) is 39.2 Å². The number of methoxy groups -OCH3 is 1. The number of carbonyl (C=O) groups is 2. The maximum Gasteiger partial charge on any atom is 0.313 e. The molecule has 0 heterocycles. The number of hydrogen-bond donors (Lipinski definition) is 0. The van der Waals surface area contributed by atoms with Gasteiger partial charge in [-0.15, -0.1) is 0 Å². The molecule has 1 atom stereocenters. The Kier molecular flexibility index (Phi) is 6.06. The molecule has 0 fully saturated rings. The second kappa shape index (κ2) is 7.56. The third kappa shape index (κ3) is 4.73. The number of carbonyl (C=O) groups excluding carboxylic acids is 2. The highest BCUT2D eigenvalue weighted by Gasteiger charge is 2.20. The molecular formula is C15H20O4. The number of benzene rings is 1. The van der Waals surface area contributed by atoms with Crippen LogP contribution in [0.15, 0.2) is 24.3 Å². The highest BCUT2D eigenvalue weighted by Crippen LogP contribution is 2.31. The van der Waals surface area contributed by atoms with Gasteiger partial charge in [-0.2, -0.15) is 0 Å². The Morgan fingerprint density at radius 2 is 1.95 bits per heavy atom. The summed E-state index contributed by atoms with van der Waals surface area (Å²) in [5.41, 5.74) is 0.837. The number of esters is 1. The third-order valence-electron chi connectivity index (χ3n) is 2.70. The maximum absolute atomic E-state index is 11.6. The summed E-state index contributed by atoms with van der Waals surface area (Å²) in [5, 5.41) is 0. The van der Waals surface area contributed by atoms with Gasteiger partial charge in [0.25, 0.3) is 0 Å². The average Bonchev–Trinajstić information content (AvgIpc) is 2.37. The number of para-hydroxylation sites is 1. The van der Waals surface area contributed by atoms with Crippen LogP contribution in [0.3, 0.4) is 0 Å². The lowest BCUT2D eigenvalue weighted by atomic mass is 10.0. The van der Waals surface area contributed by atoms with E-state index in [1.165, 1.54) is 6.92 Å². The van der Waals surface area contributed by atoms with Crippen LogP contribution in [0.2, 0.25) is 0 Å². The van der Waals surface area contributed by atoms with Gasteiger partial charge in [-0.25, -0.2) is 0 Å². The van der Waals surface area contributed by atoms with E-state index in [0.29, 0.717) is 12.2 Å². The predicted molar refractivity (Wildman–Crippen MR) is 72.0 cm³/mol. The number of rotatable bonds is 7. The van der Waals surface area contributed by atoms with Crippen molar-refractivity contribution >= 4 is 11.8 Å². The molecule has 1 aromatic rings. The Morgan fingerprint density at radius 3 is 2.53 bits per heavy atom. The van der Waals surface area contributed by atoms with Crippen LogP contribution in [0.25, 0.3) is 0 Å². The number of Topliss-reactive ketones (excluding diaryl/α,β-unsaturated/α-hetero) is 1. The molecule has 0 saturated carbocycles. The molecule has 0 aliphatic rings. The molecule has 0 bridgehead atoms. The molecule has 1 rings (SSSR count). The number of ether oxygens (including phenoxy) is 2. The Balaban J connectivity index is 2.87. The first-order valence-electron chi connectivity index (χ1n) is 6.40. The number of hydrogen-bond acceptors (Lipinski definition) is 4. The Bertz CT molecular complexity index is 440. The molecule has 104 valence electrons. The van der Waals surface area contributed by atoms with Crippen molar-refractivity contribution in [3.8, 4) is 5.75 Å². The van der Waals surface area contributed by atoms with Crippen LogP contribution in [0, 0.1) is 0 Å². The predicted octanol–water partition coefficient (Wildman–Crippen LogP) is 3.06. The molecule has 0 aromatic heterocycles. The quantitative estimate of drug-likeness (QED) is 0.561. The van der Waals surface area contributed by atoms with Crippen molar-refractivity contribution in [1.29, 1.82) is 0 Å². The minimum atomic E-state index is -0.489. The maximum atomic E-state index is 11.6. The summed E-state index contributed by atoms with van der Waals surface area (Å²) >= 11 is 0. The second-order valence-corrected chi connectivity index (χ2v) is 4.39. The molecule has 4 heteroatoms. The first-order valence-corrected chi connectivity index (χ1v) is 6.40. The monoisotopic (exact) mass is 264 g/mol. The standard InChI is InChI=1S/C15H20O4/c1-4-7-14(19-15(17)10-11(2)16)12-8-5-6-9-13(12)18-3/h5-6,8-9,14H,4,7,10H2,1-3H3. The molecule has 19 heavy (non-hydrogen) atoms. The van der Waals surface area contributed by atoms with Crippen LogP contribution in [0.4, 0.5) is 0 Å². The van der Waals surface area contributed by atoms with Gasteiger partial charge in [0.15, 0.2) is 0 Å². The van der Waals surface area contributed by atoms with Crippen molar-refractivity contribution in [2.24, 2.45) is 0 Å². The van der Waals surface area contributed by atoms with Crippen LogP contribution < -0.4 is 4.74 Å². The van der Waals surface area contributed by atoms with Gasteiger partial charge < -0.3 is 9.47 Å². The van der Waals surface area contributed by atoms with Gasteiger partial charge in [0, 0.05) is 5.56 Å². The van der Waals surface area contributed by atoms with E-state index in [4.69, 9.17) is 9.47 Å². The van der Waals surface area contributed by atoms with Crippen molar-refractivity contribution in [3.63, 3.8) is 0 Å². The van der Waals surface area contributed by atoms with Gasteiger partial charge in [0.1, 0.15) is 24.1 Å². The third-order valence-corrected chi connectivity index (χ3v) is 2.70. The zero-order valence-electron chi connectivity index (χ0n) is 11.6. The van der Waals surface area contributed by atoms with Crippen LogP contribution in [-0.4, -0.2) is 18.9 Å². The Labute approximate surface area is 113 Å². The van der Waals surface area contributed by atoms with E-state index in [-0.39, 0.29) is 18.3 Å². The molecule has 0 aliphatic heterocycles. The van der Waals surface area contributed by atoms with Crippen molar-refractivity contribution in [2.75, 3.05) is 7.11 Å². The molecule has 0 amide bonds. The molecular weight excluding hydrogens is 244 g/mol. The van der Waals surface area contributed by atoms with Gasteiger partial charge in [0.05, 0.1) is 7.11 Å². The van der Waals surface area contributed by atoms with Crippen molar-refractivity contribution < 1.29 is 19.1 Å². The fraction of sp³-hybridized carbons (Fsp3) is 0.467. The first-order chi connectivity index (χ1) is 9.08. The van der Waals surface area contributed by atoms with E-state index in [9.17, 15) is 9.59 Å². The molecule has 0 saturated heterocycles. The van der Waals surface area contributed by atoms with E-state index in [1.807, 2.05) is 31.2 Å². The molecule has 0 spiro atoms. The lowest BCUT2D eigenvalue weighted by Gasteiger charge is -2.19. The topological polar surface area (TPSA) is 52.6 Å². The van der Waals surface area contributed by atoms with Gasteiger partial charge in [-0.05, 0) is 19.4 Å². The molecule has 0 N–H and O–H groups in total. The second-order valence-electron chi connectivity index (χ2n) is 4.39. The fourth-order valence-electron chi connectivity index (χ4n) is 1.88. The fourth-order valence-corrected chi connectivity index (χ4v) is 1.88. The molecule has 0 aliphatic carbocycles. The smallest absolute Gasteiger partial charge is 0.313 e. The first kappa shape index (κ1) is 15.2. The summed E-state index contributed by atoms with van der Waals surface area (Å²) in [6, 6.07) is 7.44. The van der Waals surface area contributed by atoms with Crippen molar-refractivity contribution in [3.05, 3.63) is 29.8 Å². The lowest BCUT2D eigenvalue weighted by molar-refractivity contribution is -0.151. The number of ketones is 1. The zero-order valence-corrected chi connectivity index (χ0v) is 11.6. The summed E-state index contributed by atoms with van der Waals surface area (Å²) in [6.07, 6.45) is 1.02. The van der Waals surface area contributed by atoms with Gasteiger partial charge in [0.2, 0.25) is 0 Å². The van der Waals surface area contributed by atoms with Gasteiger partial charge in [-0.1, -0.05) is 31.5 Å². The van der Waals surface area contributed by atoms with E-state index in [1.54, 1.807) is 7.11 Å². The summed E-state index contributed by atoms with van der Waals surface area (Å²) < 4.78 is 10.7. The summed E-state index contributed by atoms with van der Waals surface area (Å²) in [4.78, 5) is 22.6. The average molecular weight is 264 g/mol. The Morgan fingerprint density at radius 1 is 1.26 bits per heavy atom. The molecule has 0 radical (unpaired) electrons. The molecule has 1 unspecified atom stereocenters. The van der Waals surface area contributed by atoms with E-state index >= 15 is 0 Å². The Hall–Kier alpha value is -1.84. The van der Waals surface area contributed by atoms with Gasteiger partial charge >= 0.3 is 5.97 Å². The van der Waals surface area contributed by atoms with Crippen LogP contribution in [0.1, 0.15) is 44.8 Å². The van der Waals surface area contributed by atoms with Gasteiger partial charge in [-0.3, -0.25) is 9.59 Å². The highest BCUT2D eigenvalue weighted by molar-refractivity contribution is 5.94. The van der Waals surface area contributed by atoms with E-state index in [0.717, 1.165) is 12.0 Å². The minimum Gasteiger partial charge on any atom is -0.496 e. The molecule has 1 aromatic carbocycles. The van der Waals surface area contributed by atoms with E-state index in [2.05, 4.69) is 0 Å². The van der Waals surface area contributed by atoms with Crippen molar-refractivity contribution in [1.82, 2.24) is 0 Å². The highest BCUT2D eigenvalue weighted by atomic mass is 16.5. The molecule has 4 nitrogen and oxygen atoms in total. The largest absolute Gasteiger partial charge is 0.496 e. The van der Waals surface area contributed by atoms with Crippen LogP contribution in [-0.2, 0) is 14.3 Å². The SMILES string of the molecule is CCCC(OC(=O)CC(C)=O)c1ccccc1OC. The lowest BCUT2D eigenvalue weighted by Crippen LogP contribution is -2.14. The minimum absolute atomic E-state index is 0.185. The summed E-state index contributed by atoms with van der Waals surface area (Å²) in [7, 11) is 1.58. The summed E-state index contributed by atoms with van der Waals surface area (Å²) in [5.74, 6) is 0.00806. The normalized spacial score (nSPS) is 11.7. The zero-order chi connectivity index (χ0) is 14.3.